The van der Waals surface area contributed by atoms with E-state index in [0.717, 1.165) is 33.4 Å². The largest absolute Gasteiger partial charge is 0.495 e. The van der Waals surface area contributed by atoms with E-state index in [-0.39, 0.29) is 0 Å². The number of aromatic nitrogens is 1. The summed E-state index contributed by atoms with van der Waals surface area (Å²) in [6, 6.07) is 20.4. The number of hydrogen-bond donors (Lipinski definition) is 0. The van der Waals surface area contributed by atoms with Gasteiger partial charge in [0, 0.05) is 17.3 Å². The standard InChI is InChI=1S/C18H16NOP/c1-20-17-15(13-8-4-2-5-9-13)12-19-18(21)16(17)14-10-6-3-7-11-14/h2-12H,21H2,1H3. The number of rotatable bonds is 3. The van der Waals surface area contributed by atoms with E-state index in [1.807, 2.05) is 42.6 Å². The maximum atomic E-state index is 5.71. The van der Waals surface area contributed by atoms with Gasteiger partial charge in [0.25, 0.3) is 0 Å². The van der Waals surface area contributed by atoms with Gasteiger partial charge in [0.1, 0.15) is 5.75 Å². The number of nitrogens with zero attached hydrogens (tertiary/aromatic N) is 1. The van der Waals surface area contributed by atoms with Crippen molar-refractivity contribution in [3.8, 4) is 28.0 Å². The normalized spacial score (nSPS) is 10.4. The van der Waals surface area contributed by atoms with E-state index in [4.69, 9.17) is 4.74 Å². The van der Waals surface area contributed by atoms with Crippen LogP contribution in [0.3, 0.4) is 0 Å². The number of benzene rings is 2. The lowest BCUT2D eigenvalue weighted by atomic mass is 10.00. The molecule has 0 amide bonds. The Morgan fingerprint density at radius 3 is 2.00 bits per heavy atom. The van der Waals surface area contributed by atoms with Crippen LogP contribution in [-0.4, -0.2) is 12.1 Å². The van der Waals surface area contributed by atoms with Crippen LogP contribution in [0, 0.1) is 0 Å². The van der Waals surface area contributed by atoms with Crippen molar-refractivity contribution in [1.82, 2.24) is 4.98 Å². The molecular formula is C18H16NOP. The van der Waals surface area contributed by atoms with Crippen LogP contribution in [0.25, 0.3) is 22.3 Å². The van der Waals surface area contributed by atoms with Gasteiger partial charge >= 0.3 is 0 Å². The van der Waals surface area contributed by atoms with Gasteiger partial charge in [0.2, 0.25) is 0 Å². The van der Waals surface area contributed by atoms with Crippen LogP contribution < -0.4 is 10.2 Å². The Balaban J connectivity index is 2.26. The second kappa shape index (κ2) is 6.07. The molecular weight excluding hydrogens is 277 g/mol. The van der Waals surface area contributed by atoms with Crippen molar-refractivity contribution in [2.75, 3.05) is 7.11 Å². The summed E-state index contributed by atoms with van der Waals surface area (Å²) >= 11 is 0. The maximum Gasteiger partial charge on any atom is 0.138 e. The first-order valence-corrected chi connectivity index (χ1v) is 7.32. The van der Waals surface area contributed by atoms with Crippen LogP contribution in [0.2, 0.25) is 0 Å². The zero-order valence-electron chi connectivity index (χ0n) is 11.8. The third kappa shape index (κ3) is 2.68. The number of hydrogen-bond acceptors (Lipinski definition) is 2. The van der Waals surface area contributed by atoms with Gasteiger partial charge in [-0.25, -0.2) is 0 Å². The van der Waals surface area contributed by atoms with E-state index >= 15 is 0 Å². The Bertz CT molecular complexity index is 742. The highest BCUT2D eigenvalue weighted by Gasteiger charge is 2.16. The third-order valence-corrected chi connectivity index (χ3v) is 3.85. The molecule has 0 fully saturated rings. The lowest BCUT2D eigenvalue weighted by molar-refractivity contribution is 0.418. The summed E-state index contributed by atoms with van der Waals surface area (Å²) in [5.41, 5.74) is 5.11. The third-order valence-electron chi connectivity index (χ3n) is 3.41. The highest BCUT2D eigenvalue weighted by Crippen LogP contribution is 2.37. The molecule has 3 heteroatoms. The van der Waals surface area contributed by atoms with Gasteiger partial charge in [-0.05, 0) is 11.1 Å². The number of methoxy groups -OCH3 is 1. The second-order valence-electron chi connectivity index (χ2n) is 4.70. The van der Waals surface area contributed by atoms with E-state index < -0.39 is 0 Å². The lowest BCUT2D eigenvalue weighted by Gasteiger charge is -2.15. The van der Waals surface area contributed by atoms with Crippen molar-refractivity contribution in [2.45, 2.75) is 0 Å². The molecule has 0 aliphatic rings. The predicted molar refractivity (Wildman–Crippen MR) is 91.0 cm³/mol. The molecule has 2 nitrogen and oxygen atoms in total. The molecule has 0 aliphatic heterocycles. The summed E-state index contributed by atoms with van der Waals surface area (Å²) in [4.78, 5) is 4.52. The first kappa shape index (κ1) is 13.8. The summed E-state index contributed by atoms with van der Waals surface area (Å²) in [6.07, 6.45) is 1.86. The molecule has 0 spiro atoms. The topological polar surface area (TPSA) is 22.1 Å². The molecule has 3 rings (SSSR count). The van der Waals surface area contributed by atoms with E-state index in [1.54, 1.807) is 7.11 Å². The van der Waals surface area contributed by atoms with Crippen LogP contribution in [0.5, 0.6) is 5.75 Å². The quantitative estimate of drug-likeness (QED) is 0.683. The van der Waals surface area contributed by atoms with Gasteiger partial charge in [-0.15, -0.1) is 0 Å². The van der Waals surface area contributed by atoms with E-state index in [0.29, 0.717) is 0 Å². The predicted octanol–water partition coefficient (Wildman–Crippen LogP) is 3.92. The molecule has 0 bridgehead atoms. The molecule has 0 aliphatic carbocycles. The van der Waals surface area contributed by atoms with Crippen LogP contribution in [0.15, 0.2) is 66.9 Å². The van der Waals surface area contributed by atoms with E-state index in [2.05, 4.69) is 38.5 Å². The number of pyridine rings is 1. The molecule has 0 saturated heterocycles. The summed E-state index contributed by atoms with van der Waals surface area (Å²) < 4.78 is 5.71. The lowest BCUT2D eigenvalue weighted by Crippen LogP contribution is -2.06. The average molecular weight is 293 g/mol. The Kier molecular flexibility index (Phi) is 3.98. The number of ether oxygens (including phenoxy) is 1. The molecule has 3 aromatic rings. The van der Waals surface area contributed by atoms with Crippen LogP contribution in [0.1, 0.15) is 0 Å². The van der Waals surface area contributed by atoms with Gasteiger partial charge < -0.3 is 4.74 Å². The summed E-state index contributed by atoms with van der Waals surface area (Å²) in [5.74, 6) is 0.854. The molecule has 1 aromatic heterocycles. The summed E-state index contributed by atoms with van der Waals surface area (Å²) in [5, 5.41) is 0. The average Bonchev–Trinajstić information content (AvgIpc) is 2.56. The minimum atomic E-state index is 0.854. The van der Waals surface area contributed by atoms with Crippen molar-refractivity contribution in [2.24, 2.45) is 0 Å². The molecule has 0 N–H and O–H groups in total. The van der Waals surface area contributed by atoms with Crippen molar-refractivity contribution in [1.29, 1.82) is 0 Å². The van der Waals surface area contributed by atoms with E-state index in [1.165, 1.54) is 0 Å². The first-order chi connectivity index (χ1) is 10.3. The van der Waals surface area contributed by atoms with Crippen molar-refractivity contribution < 1.29 is 4.74 Å². The van der Waals surface area contributed by atoms with Crippen LogP contribution >= 0.6 is 9.24 Å². The molecule has 1 atom stereocenters. The fourth-order valence-electron chi connectivity index (χ4n) is 2.43. The van der Waals surface area contributed by atoms with E-state index in [9.17, 15) is 0 Å². The molecule has 104 valence electrons. The summed E-state index contributed by atoms with van der Waals surface area (Å²) in [7, 11) is 4.40. The van der Waals surface area contributed by atoms with Gasteiger partial charge in [0.05, 0.1) is 12.5 Å². The Hall–Kier alpha value is -2.18. The Labute approximate surface area is 127 Å². The highest BCUT2D eigenvalue weighted by molar-refractivity contribution is 7.27. The van der Waals surface area contributed by atoms with Crippen LogP contribution in [0.4, 0.5) is 0 Å². The van der Waals surface area contributed by atoms with Gasteiger partial charge in [0.15, 0.2) is 0 Å². The summed E-state index contributed by atoms with van der Waals surface area (Å²) in [6.45, 7) is 0. The first-order valence-electron chi connectivity index (χ1n) is 6.74. The zero-order valence-corrected chi connectivity index (χ0v) is 12.9. The molecule has 2 aromatic carbocycles. The maximum absolute atomic E-state index is 5.71. The zero-order chi connectivity index (χ0) is 14.7. The van der Waals surface area contributed by atoms with Crippen molar-refractivity contribution in [3.63, 3.8) is 0 Å². The van der Waals surface area contributed by atoms with Gasteiger partial charge in [-0.1, -0.05) is 69.9 Å². The monoisotopic (exact) mass is 293 g/mol. The molecule has 1 unspecified atom stereocenters. The second-order valence-corrected chi connectivity index (χ2v) is 5.24. The molecule has 21 heavy (non-hydrogen) atoms. The smallest absolute Gasteiger partial charge is 0.138 e. The van der Waals surface area contributed by atoms with Gasteiger partial charge in [-0.3, -0.25) is 4.98 Å². The Morgan fingerprint density at radius 1 is 0.857 bits per heavy atom. The molecule has 0 saturated carbocycles. The fourth-order valence-corrected chi connectivity index (χ4v) is 2.80. The Morgan fingerprint density at radius 2 is 1.43 bits per heavy atom. The fraction of sp³-hybridized carbons (Fsp3) is 0.0556. The minimum absolute atomic E-state index is 0.854. The minimum Gasteiger partial charge on any atom is -0.495 e. The highest BCUT2D eigenvalue weighted by atomic mass is 31.0. The molecule has 0 radical (unpaired) electrons. The molecule has 1 heterocycles. The van der Waals surface area contributed by atoms with Gasteiger partial charge in [-0.2, -0.15) is 0 Å². The van der Waals surface area contributed by atoms with Crippen molar-refractivity contribution in [3.05, 3.63) is 66.9 Å². The SMILES string of the molecule is COc1c(-c2ccccc2)cnc(P)c1-c1ccccc1. The van der Waals surface area contributed by atoms with Crippen LogP contribution in [-0.2, 0) is 0 Å². The van der Waals surface area contributed by atoms with Crippen molar-refractivity contribution >= 4 is 14.7 Å².